The van der Waals surface area contributed by atoms with Crippen LogP contribution in [0, 0.1) is 11.3 Å². The highest BCUT2D eigenvalue weighted by Gasteiger charge is 2.13. The maximum absolute atomic E-state index is 12.1. The van der Waals surface area contributed by atoms with E-state index in [0.717, 1.165) is 11.3 Å². The zero-order chi connectivity index (χ0) is 13.7. The Labute approximate surface area is 113 Å². The number of ketones is 1. The zero-order valence-corrected chi connectivity index (χ0v) is 10.6. The molecule has 1 aromatic heterocycles. The Bertz CT molecular complexity index is 643. The predicted octanol–water partition coefficient (Wildman–Crippen LogP) is 2.23. The van der Waals surface area contributed by atoms with Crippen molar-refractivity contribution in [3.63, 3.8) is 0 Å². The number of thiazole rings is 1. The SMILES string of the molecule is N#CCC(=O)Nc1nc(C(=O)c2ccccc2)cs1. The first-order valence-corrected chi connectivity index (χ1v) is 6.31. The fourth-order valence-electron chi connectivity index (χ4n) is 1.41. The van der Waals surface area contributed by atoms with Crippen LogP contribution in [-0.2, 0) is 4.79 Å². The minimum Gasteiger partial charge on any atom is -0.301 e. The third kappa shape index (κ3) is 3.24. The molecule has 0 fully saturated rings. The molecule has 6 heteroatoms. The largest absolute Gasteiger partial charge is 0.301 e. The minimum absolute atomic E-state index is 0.197. The molecule has 1 amide bonds. The van der Waals surface area contributed by atoms with E-state index in [-0.39, 0.29) is 17.9 Å². The molecule has 1 N–H and O–H groups in total. The molecule has 0 bridgehead atoms. The topological polar surface area (TPSA) is 82.8 Å². The van der Waals surface area contributed by atoms with Gasteiger partial charge < -0.3 is 5.32 Å². The lowest BCUT2D eigenvalue weighted by atomic mass is 10.1. The second kappa shape index (κ2) is 5.89. The minimum atomic E-state index is -0.435. The van der Waals surface area contributed by atoms with Gasteiger partial charge in [-0.15, -0.1) is 11.3 Å². The molecule has 0 saturated heterocycles. The van der Waals surface area contributed by atoms with Crippen molar-refractivity contribution in [1.82, 2.24) is 4.98 Å². The van der Waals surface area contributed by atoms with Gasteiger partial charge in [-0.3, -0.25) is 9.59 Å². The molecule has 2 aromatic rings. The lowest BCUT2D eigenvalue weighted by Crippen LogP contribution is -2.10. The Morgan fingerprint density at radius 1 is 1.32 bits per heavy atom. The first-order chi connectivity index (χ1) is 9.20. The number of hydrogen-bond acceptors (Lipinski definition) is 5. The summed E-state index contributed by atoms with van der Waals surface area (Å²) in [7, 11) is 0. The molecule has 0 saturated carbocycles. The summed E-state index contributed by atoms with van der Waals surface area (Å²) in [5.74, 6) is -0.631. The van der Waals surface area contributed by atoms with E-state index in [2.05, 4.69) is 10.3 Å². The lowest BCUT2D eigenvalue weighted by molar-refractivity contribution is -0.115. The van der Waals surface area contributed by atoms with Gasteiger partial charge in [-0.25, -0.2) is 4.98 Å². The molecule has 5 nitrogen and oxygen atoms in total. The van der Waals surface area contributed by atoms with Crippen molar-refractivity contribution in [3.05, 3.63) is 47.0 Å². The number of rotatable bonds is 4. The normalized spacial score (nSPS) is 9.63. The molecule has 19 heavy (non-hydrogen) atoms. The molecular weight excluding hydrogens is 262 g/mol. The fourth-order valence-corrected chi connectivity index (χ4v) is 2.11. The van der Waals surface area contributed by atoms with Crippen molar-refractivity contribution in [3.8, 4) is 6.07 Å². The van der Waals surface area contributed by atoms with Crippen LogP contribution in [0.25, 0.3) is 0 Å². The van der Waals surface area contributed by atoms with Crippen LogP contribution in [0.4, 0.5) is 5.13 Å². The van der Waals surface area contributed by atoms with E-state index in [1.54, 1.807) is 35.7 Å². The molecular formula is C13H9N3O2S. The number of hydrogen-bond donors (Lipinski definition) is 1. The zero-order valence-electron chi connectivity index (χ0n) is 9.79. The molecule has 0 unspecified atom stereocenters. The van der Waals surface area contributed by atoms with E-state index >= 15 is 0 Å². The van der Waals surface area contributed by atoms with E-state index in [1.165, 1.54) is 0 Å². The first-order valence-electron chi connectivity index (χ1n) is 5.43. The van der Waals surface area contributed by atoms with Crippen LogP contribution in [0.1, 0.15) is 22.5 Å². The monoisotopic (exact) mass is 271 g/mol. The van der Waals surface area contributed by atoms with Gasteiger partial charge in [-0.2, -0.15) is 5.26 Å². The van der Waals surface area contributed by atoms with E-state index in [1.807, 2.05) is 6.07 Å². The van der Waals surface area contributed by atoms with Gasteiger partial charge in [-0.05, 0) is 0 Å². The van der Waals surface area contributed by atoms with Crippen molar-refractivity contribution in [2.24, 2.45) is 0 Å². The number of nitrogens with zero attached hydrogens (tertiary/aromatic N) is 2. The second-order valence-electron chi connectivity index (χ2n) is 3.62. The number of amides is 1. The number of anilines is 1. The molecule has 94 valence electrons. The number of nitriles is 1. The Morgan fingerprint density at radius 2 is 2.05 bits per heavy atom. The van der Waals surface area contributed by atoms with Crippen LogP contribution in [0.5, 0.6) is 0 Å². The highest BCUT2D eigenvalue weighted by Crippen LogP contribution is 2.18. The Balaban J connectivity index is 2.12. The summed E-state index contributed by atoms with van der Waals surface area (Å²) in [5, 5.41) is 12.7. The molecule has 0 spiro atoms. The van der Waals surface area contributed by atoms with Crippen LogP contribution in [0.2, 0.25) is 0 Å². The van der Waals surface area contributed by atoms with E-state index in [9.17, 15) is 9.59 Å². The summed E-state index contributed by atoms with van der Waals surface area (Å²) in [4.78, 5) is 27.3. The average molecular weight is 271 g/mol. The highest BCUT2D eigenvalue weighted by molar-refractivity contribution is 7.14. The molecule has 0 radical (unpaired) electrons. The van der Waals surface area contributed by atoms with Gasteiger partial charge in [0.15, 0.2) is 5.13 Å². The summed E-state index contributed by atoms with van der Waals surface area (Å²) >= 11 is 1.15. The van der Waals surface area contributed by atoms with Crippen LogP contribution in [0.15, 0.2) is 35.7 Å². The average Bonchev–Trinajstić information content (AvgIpc) is 2.87. The van der Waals surface area contributed by atoms with Gasteiger partial charge in [0, 0.05) is 10.9 Å². The third-order valence-electron chi connectivity index (χ3n) is 2.26. The second-order valence-corrected chi connectivity index (χ2v) is 4.47. The number of aromatic nitrogens is 1. The van der Waals surface area contributed by atoms with E-state index in [0.29, 0.717) is 10.7 Å². The van der Waals surface area contributed by atoms with Gasteiger partial charge in [0.05, 0.1) is 6.07 Å². The van der Waals surface area contributed by atoms with Crippen LogP contribution < -0.4 is 5.32 Å². The lowest BCUT2D eigenvalue weighted by Gasteiger charge is -1.97. The predicted molar refractivity (Wildman–Crippen MR) is 70.8 cm³/mol. The van der Waals surface area contributed by atoms with Crippen LogP contribution >= 0.6 is 11.3 Å². The van der Waals surface area contributed by atoms with Gasteiger partial charge >= 0.3 is 0 Å². The van der Waals surface area contributed by atoms with Gasteiger partial charge in [-0.1, -0.05) is 30.3 Å². The summed E-state index contributed by atoms with van der Waals surface area (Å²) in [5.41, 5.74) is 0.825. The van der Waals surface area contributed by atoms with Crippen LogP contribution in [0.3, 0.4) is 0 Å². The highest BCUT2D eigenvalue weighted by atomic mass is 32.1. The third-order valence-corrected chi connectivity index (χ3v) is 3.02. The van der Waals surface area contributed by atoms with E-state index in [4.69, 9.17) is 5.26 Å². The standard InChI is InChI=1S/C13H9N3O2S/c14-7-6-11(17)16-13-15-10(8-19-13)12(18)9-4-2-1-3-5-9/h1-5,8H,6H2,(H,15,16,17). The fraction of sp³-hybridized carbons (Fsp3) is 0.0769. The van der Waals surface area contributed by atoms with Crippen LogP contribution in [-0.4, -0.2) is 16.7 Å². The van der Waals surface area contributed by atoms with E-state index < -0.39 is 5.91 Å². The van der Waals surface area contributed by atoms with Gasteiger partial charge in [0.1, 0.15) is 12.1 Å². The summed E-state index contributed by atoms with van der Waals surface area (Å²) in [6.45, 7) is 0. The number of benzene rings is 1. The summed E-state index contributed by atoms with van der Waals surface area (Å²) < 4.78 is 0. The van der Waals surface area contributed by atoms with Crippen molar-refractivity contribution in [2.75, 3.05) is 5.32 Å². The summed E-state index contributed by atoms with van der Waals surface area (Å²) in [6.07, 6.45) is -0.235. The summed E-state index contributed by atoms with van der Waals surface area (Å²) in [6, 6.07) is 10.5. The Hall–Kier alpha value is -2.52. The van der Waals surface area contributed by atoms with Crippen molar-refractivity contribution in [1.29, 1.82) is 5.26 Å². The number of carbonyl (C=O) groups is 2. The van der Waals surface area contributed by atoms with Crippen molar-refractivity contribution in [2.45, 2.75) is 6.42 Å². The van der Waals surface area contributed by atoms with Gasteiger partial charge in [0.25, 0.3) is 0 Å². The number of carbonyl (C=O) groups excluding carboxylic acids is 2. The maximum atomic E-state index is 12.1. The molecule has 0 aliphatic heterocycles. The first kappa shape index (κ1) is 12.9. The molecule has 0 aliphatic carbocycles. The molecule has 1 aromatic carbocycles. The van der Waals surface area contributed by atoms with Crippen molar-refractivity contribution < 1.29 is 9.59 Å². The van der Waals surface area contributed by atoms with Crippen molar-refractivity contribution >= 4 is 28.2 Å². The quantitative estimate of drug-likeness (QED) is 0.864. The Morgan fingerprint density at radius 3 is 2.74 bits per heavy atom. The molecule has 0 aliphatic rings. The molecule has 0 atom stereocenters. The van der Waals surface area contributed by atoms with Gasteiger partial charge in [0.2, 0.25) is 11.7 Å². The Kier molecular flexibility index (Phi) is 4.00. The number of nitrogens with one attached hydrogen (secondary N) is 1. The smallest absolute Gasteiger partial charge is 0.240 e. The molecule has 2 rings (SSSR count). The maximum Gasteiger partial charge on any atom is 0.240 e. The molecule has 1 heterocycles.